The van der Waals surface area contributed by atoms with Gasteiger partial charge in [-0.3, -0.25) is 9.59 Å². The summed E-state index contributed by atoms with van der Waals surface area (Å²) in [6.07, 6.45) is 0. The number of carbonyl (C=O) groups is 2. The van der Waals surface area contributed by atoms with Gasteiger partial charge in [-0.2, -0.15) is 0 Å². The lowest BCUT2D eigenvalue weighted by Crippen LogP contribution is -2.20. The second-order valence-electron chi connectivity index (χ2n) is 5.78. The van der Waals surface area contributed by atoms with Crippen LogP contribution >= 0.6 is 11.6 Å². The third-order valence-corrected chi connectivity index (χ3v) is 3.93. The Morgan fingerprint density at radius 3 is 2.32 bits per heavy atom. The molecule has 7 heteroatoms. The fraction of sp³-hybridized carbons (Fsp3) is 0.0476. The number of benzene rings is 3. The molecule has 0 bridgehead atoms. The predicted molar refractivity (Wildman–Crippen MR) is 107 cm³/mol. The topological polar surface area (TPSA) is 90.7 Å². The van der Waals surface area contributed by atoms with Crippen LogP contribution in [0.3, 0.4) is 0 Å². The third kappa shape index (κ3) is 5.25. The second kappa shape index (κ2) is 8.92. The molecule has 0 aliphatic heterocycles. The first-order valence-corrected chi connectivity index (χ1v) is 8.74. The first kappa shape index (κ1) is 19.3. The van der Waals surface area contributed by atoms with Crippen molar-refractivity contribution in [2.45, 2.75) is 0 Å². The van der Waals surface area contributed by atoms with Crippen molar-refractivity contribution < 1.29 is 19.1 Å². The molecule has 0 atom stereocenters. The lowest BCUT2D eigenvalue weighted by atomic mass is 10.2. The summed E-state index contributed by atoms with van der Waals surface area (Å²) in [6, 6.07) is 20.3. The van der Waals surface area contributed by atoms with Crippen LogP contribution in [0.2, 0.25) is 5.02 Å². The van der Waals surface area contributed by atoms with E-state index in [1.165, 1.54) is 12.1 Å². The average molecular weight is 397 g/mol. The molecule has 0 aliphatic carbocycles. The number of amides is 2. The molecule has 0 spiro atoms. The Morgan fingerprint density at radius 1 is 0.929 bits per heavy atom. The van der Waals surface area contributed by atoms with E-state index >= 15 is 0 Å². The molecule has 3 rings (SSSR count). The number of ether oxygens (including phenoxy) is 2. The van der Waals surface area contributed by atoms with Gasteiger partial charge in [-0.15, -0.1) is 0 Å². The quantitative estimate of drug-likeness (QED) is 0.624. The van der Waals surface area contributed by atoms with Crippen molar-refractivity contribution in [3.63, 3.8) is 0 Å². The van der Waals surface area contributed by atoms with Crippen molar-refractivity contribution in [3.8, 4) is 17.2 Å². The molecular formula is C21H17ClN2O4. The van der Waals surface area contributed by atoms with Gasteiger partial charge in [0.15, 0.2) is 12.4 Å². The van der Waals surface area contributed by atoms with Crippen LogP contribution in [0.25, 0.3) is 0 Å². The normalized spacial score (nSPS) is 10.2. The third-order valence-electron chi connectivity index (χ3n) is 3.70. The van der Waals surface area contributed by atoms with E-state index in [2.05, 4.69) is 5.32 Å². The number of nitrogens with one attached hydrogen (secondary N) is 1. The first-order valence-electron chi connectivity index (χ1n) is 8.36. The highest BCUT2D eigenvalue weighted by molar-refractivity contribution is 6.31. The second-order valence-corrected chi connectivity index (χ2v) is 6.22. The molecule has 3 N–H and O–H groups in total. The van der Waals surface area contributed by atoms with Gasteiger partial charge in [-0.25, -0.2) is 0 Å². The molecule has 28 heavy (non-hydrogen) atoms. The van der Waals surface area contributed by atoms with Crippen LogP contribution in [0, 0.1) is 0 Å². The highest BCUT2D eigenvalue weighted by atomic mass is 35.5. The lowest BCUT2D eigenvalue weighted by molar-refractivity contribution is -0.118. The van der Waals surface area contributed by atoms with Crippen LogP contribution in [0.5, 0.6) is 17.2 Å². The molecule has 0 aromatic heterocycles. The fourth-order valence-corrected chi connectivity index (χ4v) is 2.53. The van der Waals surface area contributed by atoms with Gasteiger partial charge >= 0.3 is 0 Å². The zero-order valence-electron chi connectivity index (χ0n) is 14.7. The van der Waals surface area contributed by atoms with Gasteiger partial charge < -0.3 is 20.5 Å². The number of para-hydroxylation sites is 1. The molecule has 3 aromatic carbocycles. The maximum absolute atomic E-state index is 12.3. The summed E-state index contributed by atoms with van der Waals surface area (Å²) in [5, 5.41) is 3.18. The summed E-state index contributed by atoms with van der Waals surface area (Å²) >= 11 is 6.04. The number of carbonyl (C=O) groups excluding carboxylic acids is 2. The molecule has 0 saturated heterocycles. The van der Waals surface area contributed by atoms with Crippen molar-refractivity contribution in [3.05, 3.63) is 83.4 Å². The molecule has 2 amide bonds. The fourth-order valence-electron chi connectivity index (χ4n) is 2.35. The van der Waals surface area contributed by atoms with Crippen molar-refractivity contribution in [2.75, 3.05) is 11.9 Å². The number of nitrogens with two attached hydrogens (primary N) is 1. The van der Waals surface area contributed by atoms with Crippen LogP contribution in [0.15, 0.2) is 72.8 Å². The molecular weight excluding hydrogens is 380 g/mol. The standard InChI is InChI=1S/C21H17ClN2O4/c22-15-8-11-19(28-17-4-2-1-3-5-17)18(12-15)24-20(25)13-27-16-9-6-14(7-10-16)21(23)26/h1-12H,13H2,(H2,23,26)(H,24,25). The van der Waals surface area contributed by atoms with Crippen LogP contribution in [0.1, 0.15) is 10.4 Å². The zero-order valence-corrected chi connectivity index (χ0v) is 15.5. The number of rotatable bonds is 7. The minimum absolute atomic E-state index is 0.229. The highest BCUT2D eigenvalue weighted by Gasteiger charge is 2.11. The van der Waals surface area contributed by atoms with E-state index in [4.69, 9.17) is 26.8 Å². The molecule has 6 nitrogen and oxygen atoms in total. The van der Waals surface area contributed by atoms with Gasteiger partial charge in [0.1, 0.15) is 11.5 Å². The van der Waals surface area contributed by atoms with E-state index in [9.17, 15) is 9.59 Å². The summed E-state index contributed by atoms with van der Waals surface area (Å²) in [5.41, 5.74) is 5.97. The van der Waals surface area contributed by atoms with E-state index in [0.29, 0.717) is 33.5 Å². The number of halogens is 1. The van der Waals surface area contributed by atoms with Gasteiger partial charge in [-0.05, 0) is 54.6 Å². The van der Waals surface area contributed by atoms with Crippen LogP contribution in [-0.2, 0) is 4.79 Å². The van der Waals surface area contributed by atoms with Crippen molar-refractivity contribution >= 4 is 29.1 Å². The molecule has 0 heterocycles. The minimum atomic E-state index is -0.531. The Balaban J connectivity index is 1.64. The molecule has 0 fully saturated rings. The number of anilines is 1. The van der Waals surface area contributed by atoms with Gasteiger partial charge in [0.25, 0.3) is 5.91 Å². The van der Waals surface area contributed by atoms with Gasteiger partial charge in [-0.1, -0.05) is 29.8 Å². The Labute approximate surface area is 166 Å². The SMILES string of the molecule is NC(=O)c1ccc(OCC(=O)Nc2cc(Cl)ccc2Oc2ccccc2)cc1. The number of primary amides is 1. The van der Waals surface area contributed by atoms with Gasteiger partial charge in [0.2, 0.25) is 5.91 Å². The van der Waals surface area contributed by atoms with E-state index in [1.54, 1.807) is 42.5 Å². The lowest BCUT2D eigenvalue weighted by Gasteiger charge is -2.13. The summed E-state index contributed by atoms with van der Waals surface area (Å²) in [4.78, 5) is 23.3. The summed E-state index contributed by atoms with van der Waals surface area (Å²) in [5.74, 6) is 0.600. The summed E-state index contributed by atoms with van der Waals surface area (Å²) < 4.78 is 11.2. The van der Waals surface area contributed by atoms with Crippen LogP contribution in [0.4, 0.5) is 5.69 Å². The summed E-state index contributed by atoms with van der Waals surface area (Å²) in [7, 11) is 0. The Kier molecular flexibility index (Phi) is 6.14. The summed E-state index contributed by atoms with van der Waals surface area (Å²) in [6.45, 7) is -0.229. The molecule has 0 unspecified atom stereocenters. The highest BCUT2D eigenvalue weighted by Crippen LogP contribution is 2.32. The van der Waals surface area contributed by atoms with Crippen molar-refractivity contribution in [1.29, 1.82) is 0 Å². The largest absolute Gasteiger partial charge is 0.484 e. The number of hydrogen-bond donors (Lipinski definition) is 2. The monoisotopic (exact) mass is 396 g/mol. The van der Waals surface area contributed by atoms with E-state index in [-0.39, 0.29) is 12.5 Å². The Hall–Kier alpha value is -3.51. The maximum atomic E-state index is 12.3. The Morgan fingerprint density at radius 2 is 1.64 bits per heavy atom. The van der Waals surface area contributed by atoms with E-state index < -0.39 is 5.91 Å². The van der Waals surface area contributed by atoms with Gasteiger partial charge in [0.05, 0.1) is 5.69 Å². The smallest absolute Gasteiger partial charge is 0.262 e. The minimum Gasteiger partial charge on any atom is -0.484 e. The van der Waals surface area contributed by atoms with Crippen LogP contribution < -0.4 is 20.5 Å². The molecule has 0 radical (unpaired) electrons. The molecule has 142 valence electrons. The van der Waals surface area contributed by atoms with Crippen molar-refractivity contribution in [2.24, 2.45) is 5.73 Å². The van der Waals surface area contributed by atoms with E-state index in [0.717, 1.165) is 0 Å². The maximum Gasteiger partial charge on any atom is 0.262 e. The van der Waals surface area contributed by atoms with Crippen LogP contribution in [-0.4, -0.2) is 18.4 Å². The predicted octanol–water partition coefficient (Wildman–Crippen LogP) is 4.25. The Bertz CT molecular complexity index is 975. The molecule has 3 aromatic rings. The molecule has 0 aliphatic rings. The first-order chi connectivity index (χ1) is 13.5. The average Bonchev–Trinajstić information content (AvgIpc) is 2.69. The zero-order chi connectivity index (χ0) is 19.9. The van der Waals surface area contributed by atoms with Gasteiger partial charge in [0, 0.05) is 10.6 Å². The molecule has 0 saturated carbocycles. The van der Waals surface area contributed by atoms with Crippen molar-refractivity contribution in [1.82, 2.24) is 0 Å². The number of hydrogen-bond acceptors (Lipinski definition) is 4. The van der Waals surface area contributed by atoms with E-state index in [1.807, 2.05) is 18.2 Å².